The van der Waals surface area contributed by atoms with Crippen molar-refractivity contribution in [3.8, 4) is 0 Å². The van der Waals surface area contributed by atoms with E-state index in [0.717, 1.165) is 0 Å². The van der Waals surface area contributed by atoms with E-state index in [-0.39, 0.29) is 22.8 Å². The molecule has 0 aliphatic carbocycles. The molecular weight excluding hydrogens is 401 g/mol. The first-order valence-corrected chi connectivity index (χ1v) is 9.37. The Balaban J connectivity index is 2.11. The standard InChI is InChI=1S/C20H21Cl2N3O3/c1-11(2)18(25-19(27)13-4-6-14(21)7-5-13)20(28)24-17-9-8-15(10-16(17)22)23-12(3)26/h4-11,18H,1-3H3,(H,23,26)(H,24,28)(H,25,27). The first kappa shape index (κ1) is 21.7. The molecule has 6 nitrogen and oxygen atoms in total. The largest absolute Gasteiger partial charge is 0.340 e. The van der Waals surface area contributed by atoms with Gasteiger partial charge >= 0.3 is 0 Å². The molecule has 2 aromatic carbocycles. The lowest BCUT2D eigenvalue weighted by Gasteiger charge is -2.22. The van der Waals surface area contributed by atoms with Crippen molar-refractivity contribution in [2.45, 2.75) is 26.8 Å². The van der Waals surface area contributed by atoms with E-state index in [9.17, 15) is 14.4 Å². The fourth-order valence-corrected chi connectivity index (χ4v) is 2.82. The Hall–Kier alpha value is -2.57. The predicted octanol–water partition coefficient (Wildman–Crippen LogP) is 4.34. The Bertz CT molecular complexity index is 883. The Morgan fingerprint density at radius 2 is 1.57 bits per heavy atom. The zero-order valence-electron chi connectivity index (χ0n) is 15.7. The number of carbonyl (C=O) groups excluding carboxylic acids is 3. The summed E-state index contributed by atoms with van der Waals surface area (Å²) in [6.45, 7) is 5.04. The van der Waals surface area contributed by atoms with Gasteiger partial charge in [0.25, 0.3) is 5.91 Å². The Labute approximate surface area is 173 Å². The normalized spacial score (nSPS) is 11.6. The van der Waals surface area contributed by atoms with Crippen LogP contribution >= 0.6 is 23.2 Å². The topological polar surface area (TPSA) is 87.3 Å². The fraction of sp³-hybridized carbons (Fsp3) is 0.250. The van der Waals surface area contributed by atoms with Crippen LogP contribution < -0.4 is 16.0 Å². The van der Waals surface area contributed by atoms with Crippen molar-refractivity contribution in [1.29, 1.82) is 0 Å². The van der Waals surface area contributed by atoms with Gasteiger partial charge in [0.05, 0.1) is 10.7 Å². The van der Waals surface area contributed by atoms with Crippen LogP contribution in [0.15, 0.2) is 42.5 Å². The lowest BCUT2D eigenvalue weighted by Crippen LogP contribution is -2.47. The number of carbonyl (C=O) groups is 3. The zero-order valence-corrected chi connectivity index (χ0v) is 17.2. The van der Waals surface area contributed by atoms with Crippen LogP contribution in [0.2, 0.25) is 10.0 Å². The SMILES string of the molecule is CC(=O)Nc1ccc(NC(=O)C(NC(=O)c2ccc(Cl)cc2)C(C)C)c(Cl)c1. The molecule has 2 aromatic rings. The lowest BCUT2D eigenvalue weighted by atomic mass is 10.0. The van der Waals surface area contributed by atoms with Crippen LogP contribution in [0.4, 0.5) is 11.4 Å². The minimum absolute atomic E-state index is 0.159. The smallest absolute Gasteiger partial charge is 0.251 e. The summed E-state index contributed by atoms with van der Waals surface area (Å²) in [6, 6.07) is 10.4. The fourth-order valence-electron chi connectivity index (χ4n) is 2.47. The molecule has 148 valence electrons. The third-order valence-electron chi connectivity index (χ3n) is 3.89. The highest BCUT2D eigenvalue weighted by Crippen LogP contribution is 2.26. The maximum absolute atomic E-state index is 12.7. The van der Waals surface area contributed by atoms with Gasteiger partial charge in [0, 0.05) is 23.2 Å². The van der Waals surface area contributed by atoms with Gasteiger partial charge < -0.3 is 16.0 Å². The minimum atomic E-state index is -0.769. The zero-order chi connectivity index (χ0) is 20.8. The highest BCUT2D eigenvalue weighted by atomic mass is 35.5. The molecule has 0 saturated carbocycles. The monoisotopic (exact) mass is 421 g/mol. The Kier molecular flexibility index (Phi) is 7.43. The van der Waals surface area contributed by atoms with Crippen molar-refractivity contribution in [2.24, 2.45) is 5.92 Å². The first-order valence-electron chi connectivity index (χ1n) is 8.62. The summed E-state index contributed by atoms with van der Waals surface area (Å²) >= 11 is 12.0. The quantitative estimate of drug-likeness (QED) is 0.647. The van der Waals surface area contributed by atoms with Crippen molar-refractivity contribution >= 4 is 52.3 Å². The Morgan fingerprint density at radius 1 is 0.929 bits per heavy atom. The van der Waals surface area contributed by atoms with Crippen LogP contribution in [0, 0.1) is 5.92 Å². The van der Waals surface area contributed by atoms with Gasteiger partial charge in [0.15, 0.2) is 0 Å². The van der Waals surface area contributed by atoms with Crippen molar-refractivity contribution in [3.05, 3.63) is 58.1 Å². The molecule has 0 aliphatic rings. The lowest BCUT2D eigenvalue weighted by molar-refractivity contribution is -0.119. The highest BCUT2D eigenvalue weighted by molar-refractivity contribution is 6.34. The van der Waals surface area contributed by atoms with Gasteiger partial charge in [0.1, 0.15) is 6.04 Å². The summed E-state index contributed by atoms with van der Waals surface area (Å²) in [5, 5.41) is 8.86. The van der Waals surface area contributed by atoms with Gasteiger partial charge in [-0.1, -0.05) is 37.0 Å². The predicted molar refractivity (Wildman–Crippen MR) is 112 cm³/mol. The Morgan fingerprint density at radius 3 is 2.11 bits per heavy atom. The van der Waals surface area contributed by atoms with Crippen LogP contribution in [0.5, 0.6) is 0 Å². The van der Waals surface area contributed by atoms with Gasteiger partial charge in [-0.05, 0) is 48.4 Å². The molecule has 1 unspecified atom stereocenters. The van der Waals surface area contributed by atoms with Gasteiger partial charge in [-0.2, -0.15) is 0 Å². The maximum atomic E-state index is 12.7. The van der Waals surface area contributed by atoms with E-state index in [1.807, 2.05) is 13.8 Å². The average molecular weight is 422 g/mol. The molecule has 0 saturated heterocycles. The minimum Gasteiger partial charge on any atom is -0.340 e. The van der Waals surface area contributed by atoms with Crippen molar-refractivity contribution in [1.82, 2.24) is 5.32 Å². The molecule has 3 amide bonds. The second-order valence-electron chi connectivity index (χ2n) is 6.57. The van der Waals surface area contributed by atoms with Crippen LogP contribution in [-0.2, 0) is 9.59 Å². The van der Waals surface area contributed by atoms with Crippen molar-refractivity contribution in [3.63, 3.8) is 0 Å². The third kappa shape index (κ3) is 5.97. The van der Waals surface area contributed by atoms with E-state index in [4.69, 9.17) is 23.2 Å². The van der Waals surface area contributed by atoms with E-state index in [1.165, 1.54) is 13.0 Å². The summed E-state index contributed by atoms with van der Waals surface area (Å²) in [6.07, 6.45) is 0. The second kappa shape index (κ2) is 9.57. The molecule has 0 aliphatic heterocycles. The molecule has 0 aromatic heterocycles. The van der Waals surface area contributed by atoms with Crippen molar-refractivity contribution in [2.75, 3.05) is 10.6 Å². The summed E-state index contributed by atoms with van der Waals surface area (Å²) in [5.74, 6) is -1.16. The van der Waals surface area contributed by atoms with Gasteiger partial charge in [-0.25, -0.2) is 0 Å². The van der Waals surface area contributed by atoms with Gasteiger partial charge in [-0.15, -0.1) is 0 Å². The number of nitrogens with one attached hydrogen (secondary N) is 3. The number of amides is 3. The van der Waals surface area contributed by atoms with Crippen LogP contribution in [0.1, 0.15) is 31.1 Å². The molecule has 0 bridgehead atoms. The van der Waals surface area contributed by atoms with E-state index in [1.54, 1.807) is 36.4 Å². The number of rotatable bonds is 6. The number of benzene rings is 2. The molecule has 2 rings (SSSR count). The van der Waals surface area contributed by atoms with Gasteiger partial charge in [0.2, 0.25) is 11.8 Å². The molecule has 28 heavy (non-hydrogen) atoms. The molecule has 0 spiro atoms. The maximum Gasteiger partial charge on any atom is 0.251 e. The second-order valence-corrected chi connectivity index (χ2v) is 7.41. The average Bonchev–Trinajstić information content (AvgIpc) is 2.61. The molecule has 0 radical (unpaired) electrons. The third-order valence-corrected chi connectivity index (χ3v) is 4.45. The van der Waals surface area contributed by atoms with Crippen LogP contribution in [0.3, 0.4) is 0 Å². The number of hydrogen-bond donors (Lipinski definition) is 3. The van der Waals surface area contributed by atoms with Gasteiger partial charge in [-0.3, -0.25) is 14.4 Å². The molecule has 3 N–H and O–H groups in total. The summed E-state index contributed by atoms with van der Waals surface area (Å²) in [7, 11) is 0. The summed E-state index contributed by atoms with van der Waals surface area (Å²) in [5.41, 5.74) is 1.31. The van der Waals surface area contributed by atoms with E-state index >= 15 is 0 Å². The van der Waals surface area contributed by atoms with Crippen molar-refractivity contribution < 1.29 is 14.4 Å². The van der Waals surface area contributed by atoms with E-state index in [2.05, 4.69) is 16.0 Å². The van der Waals surface area contributed by atoms with Crippen LogP contribution in [0.25, 0.3) is 0 Å². The molecule has 0 heterocycles. The molecule has 8 heteroatoms. The number of hydrogen-bond acceptors (Lipinski definition) is 3. The first-order chi connectivity index (χ1) is 13.2. The summed E-state index contributed by atoms with van der Waals surface area (Å²) < 4.78 is 0. The number of halogens is 2. The molecule has 1 atom stereocenters. The van der Waals surface area contributed by atoms with E-state index < -0.39 is 11.9 Å². The highest BCUT2D eigenvalue weighted by Gasteiger charge is 2.25. The number of anilines is 2. The molecule has 0 fully saturated rings. The van der Waals surface area contributed by atoms with Crippen LogP contribution in [-0.4, -0.2) is 23.8 Å². The molecular formula is C20H21Cl2N3O3. The summed E-state index contributed by atoms with van der Waals surface area (Å²) in [4.78, 5) is 36.3. The van der Waals surface area contributed by atoms with E-state index in [0.29, 0.717) is 22.0 Å².